The van der Waals surface area contributed by atoms with Crippen LogP contribution in [0.2, 0.25) is 5.02 Å². The molecule has 0 fully saturated rings. The Morgan fingerprint density at radius 2 is 1.48 bits per heavy atom. The average molecular weight is 290 g/mol. The summed E-state index contributed by atoms with van der Waals surface area (Å²) in [5.74, 6) is 0.395. The summed E-state index contributed by atoms with van der Waals surface area (Å²) >= 11 is 6.11. The molecule has 0 unspecified atom stereocenters. The minimum absolute atomic E-state index is 0.395. The quantitative estimate of drug-likeness (QED) is 0.585. The van der Waals surface area contributed by atoms with E-state index >= 15 is 0 Å². The Morgan fingerprint density at radius 3 is 2.10 bits per heavy atom. The second-order valence-corrected chi connectivity index (χ2v) is 5.90. The van der Waals surface area contributed by atoms with E-state index in [1.165, 1.54) is 27.8 Å². The van der Waals surface area contributed by atoms with Gasteiger partial charge >= 0.3 is 0 Å². The summed E-state index contributed by atoms with van der Waals surface area (Å²) < 4.78 is 0. The lowest BCUT2D eigenvalue weighted by atomic mass is 9.90. The van der Waals surface area contributed by atoms with Crippen LogP contribution in [0.5, 0.6) is 0 Å². The molecule has 1 aliphatic carbocycles. The lowest BCUT2D eigenvalue weighted by Gasteiger charge is -2.13. The molecule has 3 aromatic rings. The number of rotatable bonds is 2. The molecule has 3 aromatic carbocycles. The molecule has 0 atom stereocenters. The Morgan fingerprint density at radius 1 is 0.857 bits per heavy atom. The first kappa shape index (κ1) is 12.7. The Kier molecular flexibility index (Phi) is 3.05. The Labute approximate surface area is 130 Å². The van der Waals surface area contributed by atoms with Crippen molar-refractivity contribution in [3.8, 4) is 11.1 Å². The van der Waals surface area contributed by atoms with E-state index in [0.717, 1.165) is 11.4 Å². The van der Waals surface area contributed by atoms with Crippen molar-refractivity contribution in [2.45, 2.75) is 12.3 Å². The number of hydrogen-bond donors (Lipinski definition) is 0. The standard InChI is InChI=1S/C20H14Cl/c21-15-7-5-6-14(12-15)13-20-18-10-3-1-8-16(18)17-9-2-4-11-19(17)20/h1-5,7-12,20H,13H2. The van der Waals surface area contributed by atoms with Gasteiger partial charge in [0.25, 0.3) is 0 Å². The lowest BCUT2D eigenvalue weighted by Crippen LogP contribution is -2.01. The third kappa shape index (κ3) is 2.16. The van der Waals surface area contributed by atoms with Gasteiger partial charge in [-0.1, -0.05) is 66.2 Å². The molecule has 0 aromatic heterocycles. The van der Waals surface area contributed by atoms with Crippen molar-refractivity contribution >= 4 is 11.6 Å². The molecule has 0 aliphatic heterocycles. The molecule has 0 amide bonds. The van der Waals surface area contributed by atoms with E-state index in [1.54, 1.807) is 0 Å². The lowest BCUT2D eigenvalue weighted by molar-refractivity contribution is 0.826. The summed E-state index contributed by atoms with van der Waals surface area (Å²) in [5.41, 5.74) is 6.71. The van der Waals surface area contributed by atoms with Crippen molar-refractivity contribution in [3.05, 3.63) is 94.5 Å². The smallest absolute Gasteiger partial charge is 0.0409 e. The molecule has 1 aliphatic rings. The Hall–Kier alpha value is -2.05. The molecule has 0 heterocycles. The van der Waals surface area contributed by atoms with Crippen LogP contribution < -0.4 is 0 Å². The van der Waals surface area contributed by atoms with Crippen LogP contribution >= 0.6 is 11.6 Å². The summed E-state index contributed by atoms with van der Waals surface area (Å²) in [6.07, 6.45) is 0.939. The van der Waals surface area contributed by atoms with Crippen LogP contribution in [-0.2, 0) is 6.42 Å². The fourth-order valence-electron chi connectivity index (χ4n) is 3.30. The molecule has 0 saturated carbocycles. The minimum Gasteiger partial charge on any atom is -0.0843 e. The van der Waals surface area contributed by atoms with Crippen LogP contribution in [-0.4, -0.2) is 0 Å². The van der Waals surface area contributed by atoms with Gasteiger partial charge in [0.2, 0.25) is 0 Å². The van der Waals surface area contributed by atoms with Crippen LogP contribution in [0.25, 0.3) is 11.1 Å². The summed E-state index contributed by atoms with van der Waals surface area (Å²) in [7, 11) is 0. The molecular weight excluding hydrogens is 276 g/mol. The maximum atomic E-state index is 6.11. The molecule has 0 N–H and O–H groups in total. The highest BCUT2D eigenvalue weighted by Crippen LogP contribution is 2.45. The van der Waals surface area contributed by atoms with Gasteiger partial charge < -0.3 is 0 Å². The van der Waals surface area contributed by atoms with Crippen molar-refractivity contribution in [3.63, 3.8) is 0 Å². The van der Waals surface area contributed by atoms with E-state index in [-0.39, 0.29) is 0 Å². The summed E-state index contributed by atoms with van der Waals surface area (Å²) in [5, 5.41) is 0.781. The van der Waals surface area contributed by atoms with E-state index in [9.17, 15) is 0 Å². The van der Waals surface area contributed by atoms with Crippen molar-refractivity contribution in [2.24, 2.45) is 0 Å². The number of benzene rings is 3. The zero-order valence-corrected chi connectivity index (χ0v) is 12.3. The number of hydrogen-bond acceptors (Lipinski definition) is 0. The van der Waals surface area contributed by atoms with Crippen LogP contribution in [0.1, 0.15) is 22.6 Å². The maximum Gasteiger partial charge on any atom is 0.0409 e. The Balaban J connectivity index is 1.82. The van der Waals surface area contributed by atoms with Crippen molar-refractivity contribution in [1.29, 1.82) is 0 Å². The predicted octanol–water partition coefficient (Wildman–Crippen LogP) is 5.50. The van der Waals surface area contributed by atoms with Gasteiger partial charge in [-0.3, -0.25) is 0 Å². The molecule has 101 valence electrons. The second-order valence-electron chi connectivity index (χ2n) is 5.46. The molecule has 1 heteroatoms. The molecule has 0 saturated heterocycles. The largest absolute Gasteiger partial charge is 0.0843 e. The highest BCUT2D eigenvalue weighted by Gasteiger charge is 2.27. The van der Waals surface area contributed by atoms with Gasteiger partial charge in [-0.25, -0.2) is 0 Å². The topological polar surface area (TPSA) is 0 Å². The fourth-order valence-corrected chi connectivity index (χ4v) is 3.50. The normalized spacial score (nSPS) is 13.0. The predicted molar refractivity (Wildman–Crippen MR) is 87.7 cm³/mol. The van der Waals surface area contributed by atoms with Crippen LogP contribution in [0.3, 0.4) is 0 Å². The number of halogens is 1. The fraction of sp³-hybridized carbons (Fsp3) is 0.100. The van der Waals surface area contributed by atoms with Gasteiger partial charge in [0.05, 0.1) is 0 Å². The first-order chi connectivity index (χ1) is 10.3. The van der Waals surface area contributed by atoms with Crippen molar-refractivity contribution in [1.82, 2.24) is 0 Å². The molecular formula is C20H14Cl. The van der Waals surface area contributed by atoms with E-state index in [2.05, 4.69) is 54.6 Å². The van der Waals surface area contributed by atoms with E-state index in [0.29, 0.717) is 5.92 Å². The second kappa shape index (κ2) is 5.05. The third-order valence-corrected chi connectivity index (χ3v) is 4.45. The van der Waals surface area contributed by atoms with Gasteiger partial charge in [0.15, 0.2) is 0 Å². The van der Waals surface area contributed by atoms with E-state index in [1.807, 2.05) is 18.2 Å². The van der Waals surface area contributed by atoms with Gasteiger partial charge in [0.1, 0.15) is 0 Å². The minimum atomic E-state index is 0.395. The molecule has 0 spiro atoms. The van der Waals surface area contributed by atoms with Crippen LogP contribution in [0.15, 0.2) is 66.7 Å². The highest BCUT2D eigenvalue weighted by molar-refractivity contribution is 6.30. The number of fused-ring (bicyclic) bond motifs is 3. The van der Waals surface area contributed by atoms with Crippen molar-refractivity contribution < 1.29 is 0 Å². The van der Waals surface area contributed by atoms with E-state index < -0.39 is 0 Å². The van der Waals surface area contributed by atoms with Gasteiger partial charge in [-0.15, -0.1) is 0 Å². The summed E-state index contributed by atoms with van der Waals surface area (Å²) in [6.45, 7) is 0. The third-order valence-electron chi connectivity index (χ3n) is 4.21. The van der Waals surface area contributed by atoms with Gasteiger partial charge in [0, 0.05) is 10.9 Å². The first-order valence-electron chi connectivity index (χ1n) is 7.17. The van der Waals surface area contributed by atoms with E-state index in [4.69, 9.17) is 11.6 Å². The van der Waals surface area contributed by atoms with Gasteiger partial charge in [-0.05, 0) is 52.4 Å². The molecule has 4 rings (SSSR count). The molecule has 1 radical (unpaired) electrons. The monoisotopic (exact) mass is 289 g/mol. The molecule has 0 bridgehead atoms. The van der Waals surface area contributed by atoms with Crippen LogP contribution in [0, 0.1) is 6.07 Å². The molecule has 21 heavy (non-hydrogen) atoms. The summed E-state index contributed by atoms with van der Waals surface area (Å²) in [4.78, 5) is 0. The zero-order chi connectivity index (χ0) is 14.2. The SMILES string of the molecule is Clc1cc[c]c(CC2c3ccccc3-c3ccccc32)c1. The Bertz CT molecular complexity index is 759. The maximum absolute atomic E-state index is 6.11. The average Bonchev–Trinajstić information content (AvgIpc) is 2.83. The summed E-state index contributed by atoms with van der Waals surface area (Å²) in [6, 6.07) is 26.5. The highest BCUT2D eigenvalue weighted by atomic mass is 35.5. The molecule has 0 nitrogen and oxygen atoms in total. The zero-order valence-electron chi connectivity index (χ0n) is 11.5. The van der Waals surface area contributed by atoms with Crippen LogP contribution in [0.4, 0.5) is 0 Å². The van der Waals surface area contributed by atoms with Gasteiger partial charge in [-0.2, -0.15) is 0 Å². The first-order valence-corrected chi connectivity index (χ1v) is 7.55. The van der Waals surface area contributed by atoms with Crippen molar-refractivity contribution in [2.75, 3.05) is 0 Å².